The average Bonchev–Trinajstić information content (AvgIpc) is 2.94. The van der Waals surface area contributed by atoms with E-state index in [1.165, 1.54) is 6.20 Å². The quantitative estimate of drug-likeness (QED) is 0.840. The molecule has 3 heterocycles. The molecule has 0 aliphatic carbocycles. The molecule has 1 fully saturated rings. The molecule has 7 heteroatoms. The second-order valence-corrected chi connectivity index (χ2v) is 6.05. The monoisotopic (exact) mass is 289 g/mol. The number of carbonyl (C=O) groups is 1. The van der Waals surface area contributed by atoms with Crippen LogP contribution in [0.3, 0.4) is 0 Å². The molecule has 1 aliphatic rings. The van der Waals surface area contributed by atoms with Gasteiger partial charge in [-0.25, -0.2) is 4.98 Å². The third kappa shape index (κ3) is 2.67. The van der Waals surface area contributed by atoms with Gasteiger partial charge < -0.3 is 4.90 Å². The van der Waals surface area contributed by atoms with Crippen LogP contribution < -0.4 is 0 Å². The number of aromatic nitrogens is 4. The van der Waals surface area contributed by atoms with Gasteiger partial charge in [0.1, 0.15) is 15.7 Å². The molecule has 0 bridgehead atoms. The van der Waals surface area contributed by atoms with E-state index in [1.807, 2.05) is 11.8 Å². The highest BCUT2D eigenvalue weighted by atomic mass is 32.1. The lowest BCUT2D eigenvalue weighted by Gasteiger charge is -2.31. The first-order chi connectivity index (χ1) is 9.74. The van der Waals surface area contributed by atoms with Crippen LogP contribution in [0.25, 0.3) is 0 Å². The first-order valence-corrected chi connectivity index (χ1v) is 7.41. The molecular weight excluding hydrogens is 274 g/mol. The van der Waals surface area contributed by atoms with Gasteiger partial charge in [-0.15, -0.1) is 21.5 Å². The van der Waals surface area contributed by atoms with Crippen LogP contribution in [0, 0.1) is 6.92 Å². The molecule has 1 aliphatic heterocycles. The number of hydrogen-bond donors (Lipinski definition) is 0. The first kappa shape index (κ1) is 13.1. The number of carbonyl (C=O) groups excluding carboxylic acids is 1. The van der Waals surface area contributed by atoms with Gasteiger partial charge in [0, 0.05) is 31.4 Å². The van der Waals surface area contributed by atoms with E-state index in [9.17, 15) is 4.79 Å². The summed E-state index contributed by atoms with van der Waals surface area (Å²) in [5, 5.41) is 10.3. The molecule has 0 radical (unpaired) electrons. The van der Waals surface area contributed by atoms with Crippen molar-refractivity contribution in [2.24, 2.45) is 0 Å². The lowest BCUT2D eigenvalue weighted by molar-refractivity contribution is 0.0700. The van der Waals surface area contributed by atoms with E-state index in [1.54, 1.807) is 23.7 Å². The second kappa shape index (κ2) is 5.62. The number of piperidine rings is 1. The van der Waals surface area contributed by atoms with E-state index in [0.29, 0.717) is 12.2 Å². The Hall–Kier alpha value is -1.89. The number of rotatable bonds is 2. The molecule has 1 saturated heterocycles. The molecule has 0 N–H and O–H groups in total. The summed E-state index contributed by atoms with van der Waals surface area (Å²) < 4.78 is 0. The van der Waals surface area contributed by atoms with Gasteiger partial charge in [0.15, 0.2) is 0 Å². The molecule has 20 heavy (non-hydrogen) atoms. The van der Waals surface area contributed by atoms with Gasteiger partial charge >= 0.3 is 0 Å². The molecule has 3 rings (SSSR count). The molecule has 104 valence electrons. The Morgan fingerprint density at radius 2 is 2.30 bits per heavy atom. The van der Waals surface area contributed by atoms with Gasteiger partial charge in [0.2, 0.25) is 0 Å². The number of hydrogen-bond acceptors (Lipinski definition) is 6. The zero-order chi connectivity index (χ0) is 13.9. The zero-order valence-corrected chi connectivity index (χ0v) is 12.0. The van der Waals surface area contributed by atoms with Crippen LogP contribution in [0.4, 0.5) is 0 Å². The fourth-order valence-corrected chi connectivity index (χ4v) is 3.24. The zero-order valence-electron chi connectivity index (χ0n) is 11.2. The standard InChI is InChI=1S/C13H15N5OS/c1-9-16-17-12(20-9)10-3-2-6-18(8-10)13(19)11-7-14-4-5-15-11/h4-5,7,10H,2-3,6,8H2,1H3. The summed E-state index contributed by atoms with van der Waals surface area (Å²) in [7, 11) is 0. The summed E-state index contributed by atoms with van der Waals surface area (Å²) in [6.07, 6.45) is 6.66. The van der Waals surface area contributed by atoms with Gasteiger partial charge in [-0.05, 0) is 19.8 Å². The summed E-state index contributed by atoms with van der Waals surface area (Å²) in [5.74, 6) is 0.236. The van der Waals surface area contributed by atoms with Crippen molar-refractivity contribution in [3.63, 3.8) is 0 Å². The van der Waals surface area contributed by atoms with Crippen LogP contribution in [0.5, 0.6) is 0 Å². The minimum atomic E-state index is -0.0518. The molecule has 1 amide bonds. The number of nitrogens with zero attached hydrogens (tertiary/aromatic N) is 5. The fourth-order valence-electron chi connectivity index (χ4n) is 2.41. The van der Waals surface area contributed by atoms with Crippen LogP contribution in [-0.2, 0) is 0 Å². The Morgan fingerprint density at radius 3 is 3.00 bits per heavy atom. The normalized spacial score (nSPS) is 19.1. The Balaban J connectivity index is 1.74. The van der Waals surface area contributed by atoms with Crippen molar-refractivity contribution in [1.29, 1.82) is 0 Å². The van der Waals surface area contributed by atoms with Gasteiger partial charge in [0.05, 0.1) is 6.20 Å². The molecule has 2 aromatic heterocycles. The third-order valence-corrected chi connectivity index (χ3v) is 4.38. The number of aryl methyl sites for hydroxylation is 1. The Kier molecular flexibility index (Phi) is 3.68. The lowest BCUT2D eigenvalue weighted by atomic mass is 9.98. The summed E-state index contributed by atoms with van der Waals surface area (Å²) in [5.41, 5.74) is 0.404. The van der Waals surface area contributed by atoms with Crippen LogP contribution in [0.1, 0.15) is 39.3 Å². The molecule has 1 atom stereocenters. The highest BCUT2D eigenvalue weighted by molar-refractivity contribution is 7.11. The van der Waals surface area contributed by atoms with E-state index >= 15 is 0 Å². The summed E-state index contributed by atoms with van der Waals surface area (Å²) in [6, 6.07) is 0. The van der Waals surface area contributed by atoms with Crippen LogP contribution in [0.15, 0.2) is 18.6 Å². The largest absolute Gasteiger partial charge is 0.337 e. The minimum Gasteiger partial charge on any atom is -0.337 e. The molecule has 6 nitrogen and oxygen atoms in total. The smallest absolute Gasteiger partial charge is 0.274 e. The predicted octanol–water partition coefficient (Wildman–Crippen LogP) is 1.66. The predicted molar refractivity (Wildman–Crippen MR) is 74.6 cm³/mol. The van der Waals surface area contributed by atoms with Crippen molar-refractivity contribution < 1.29 is 4.79 Å². The number of amides is 1. The van der Waals surface area contributed by atoms with E-state index < -0.39 is 0 Å². The van der Waals surface area contributed by atoms with Gasteiger partial charge in [-0.2, -0.15) is 0 Å². The van der Waals surface area contributed by atoms with Crippen LogP contribution in [0.2, 0.25) is 0 Å². The van der Waals surface area contributed by atoms with Crippen molar-refractivity contribution in [3.05, 3.63) is 34.3 Å². The summed E-state index contributed by atoms with van der Waals surface area (Å²) >= 11 is 1.62. The topological polar surface area (TPSA) is 71.9 Å². The second-order valence-electron chi connectivity index (χ2n) is 4.84. The van der Waals surface area contributed by atoms with Crippen molar-refractivity contribution >= 4 is 17.2 Å². The average molecular weight is 289 g/mol. The van der Waals surface area contributed by atoms with Crippen molar-refractivity contribution in [1.82, 2.24) is 25.1 Å². The minimum absolute atomic E-state index is 0.0518. The molecule has 0 aromatic carbocycles. The molecule has 2 aromatic rings. The third-order valence-electron chi connectivity index (χ3n) is 3.38. The van der Waals surface area contributed by atoms with Crippen molar-refractivity contribution in [2.45, 2.75) is 25.7 Å². The summed E-state index contributed by atoms with van der Waals surface area (Å²) in [6.45, 7) is 3.40. The maximum absolute atomic E-state index is 12.4. The van der Waals surface area contributed by atoms with E-state index in [2.05, 4.69) is 20.2 Å². The Morgan fingerprint density at radius 1 is 1.40 bits per heavy atom. The molecule has 0 spiro atoms. The van der Waals surface area contributed by atoms with Gasteiger partial charge in [-0.1, -0.05) is 0 Å². The van der Waals surface area contributed by atoms with E-state index in [0.717, 1.165) is 29.4 Å². The summed E-state index contributed by atoms with van der Waals surface area (Å²) in [4.78, 5) is 22.2. The molecule has 1 unspecified atom stereocenters. The van der Waals surface area contributed by atoms with Crippen molar-refractivity contribution in [3.8, 4) is 0 Å². The number of likely N-dealkylation sites (tertiary alicyclic amines) is 1. The molecule has 0 saturated carbocycles. The first-order valence-electron chi connectivity index (χ1n) is 6.59. The maximum atomic E-state index is 12.4. The van der Waals surface area contributed by atoms with Crippen molar-refractivity contribution in [2.75, 3.05) is 13.1 Å². The Labute approximate surface area is 120 Å². The van der Waals surface area contributed by atoms with Gasteiger partial charge in [0.25, 0.3) is 5.91 Å². The van der Waals surface area contributed by atoms with Crippen LogP contribution >= 0.6 is 11.3 Å². The maximum Gasteiger partial charge on any atom is 0.274 e. The SMILES string of the molecule is Cc1nnc(C2CCCN(C(=O)c3cnccn3)C2)s1. The fraction of sp³-hybridized carbons (Fsp3) is 0.462. The van der Waals surface area contributed by atoms with E-state index in [-0.39, 0.29) is 11.8 Å². The van der Waals surface area contributed by atoms with Gasteiger partial charge in [-0.3, -0.25) is 9.78 Å². The Bertz CT molecular complexity index is 600. The highest BCUT2D eigenvalue weighted by Gasteiger charge is 2.28. The van der Waals surface area contributed by atoms with E-state index in [4.69, 9.17) is 0 Å². The van der Waals surface area contributed by atoms with Crippen LogP contribution in [-0.4, -0.2) is 44.1 Å². The highest BCUT2D eigenvalue weighted by Crippen LogP contribution is 2.29. The lowest BCUT2D eigenvalue weighted by Crippen LogP contribution is -2.39. The molecular formula is C13H15N5OS.